The van der Waals surface area contributed by atoms with Gasteiger partial charge in [-0.1, -0.05) is 32.6 Å². The summed E-state index contributed by atoms with van der Waals surface area (Å²) in [6, 6.07) is 10.8. The van der Waals surface area contributed by atoms with E-state index in [2.05, 4.69) is 74.7 Å². The molecule has 0 unspecified atom stereocenters. The highest BCUT2D eigenvalue weighted by Crippen LogP contribution is 2.45. The Morgan fingerprint density at radius 2 is 1.52 bits per heavy atom. The molecule has 0 amide bonds. The van der Waals surface area contributed by atoms with Gasteiger partial charge in [0, 0.05) is 56.1 Å². The molecule has 3 nitrogen and oxygen atoms in total. The van der Waals surface area contributed by atoms with Crippen molar-refractivity contribution in [3.63, 3.8) is 0 Å². The molecule has 0 heterocycles. The van der Waals surface area contributed by atoms with Crippen LogP contribution < -0.4 is 9.80 Å². The van der Waals surface area contributed by atoms with Crippen molar-refractivity contribution in [2.75, 3.05) is 38.0 Å². The molecule has 0 aliphatic heterocycles. The van der Waals surface area contributed by atoms with E-state index in [1.54, 1.807) is 0 Å². The normalized spacial score (nSPS) is 14.6. The average molecular weight is 333 g/mol. The molecular formula is C22H27N3. The zero-order chi connectivity index (χ0) is 18.5. The number of nitrogens with one attached hydrogen (secondary N) is 1. The van der Waals surface area contributed by atoms with Gasteiger partial charge in [-0.05, 0) is 41.0 Å². The first-order valence-corrected chi connectivity index (χ1v) is 8.58. The van der Waals surface area contributed by atoms with Crippen molar-refractivity contribution in [3.05, 3.63) is 64.7 Å². The van der Waals surface area contributed by atoms with Crippen LogP contribution in [0.4, 0.5) is 11.4 Å². The lowest BCUT2D eigenvalue weighted by Gasteiger charge is -2.38. The number of anilines is 2. The summed E-state index contributed by atoms with van der Waals surface area (Å²) in [5.41, 5.74) is 8.18. The van der Waals surface area contributed by atoms with E-state index < -0.39 is 0 Å². The number of fused-ring (bicyclic) bond motifs is 2. The molecule has 2 aromatic rings. The Bertz CT molecular complexity index is 873. The van der Waals surface area contributed by atoms with Gasteiger partial charge in [0.15, 0.2) is 0 Å². The molecule has 0 aromatic heterocycles. The molecule has 0 saturated heterocycles. The number of hydrogen-bond acceptors (Lipinski definition) is 3. The predicted molar refractivity (Wildman–Crippen MR) is 110 cm³/mol. The first kappa shape index (κ1) is 17.3. The molecule has 1 N–H and O–H groups in total. The third-order valence-corrected chi connectivity index (χ3v) is 5.28. The molecule has 1 aliphatic rings. The molecule has 0 radical (unpaired) electrons. The van der Waals surface area contributed by atoms with Crippen LogP contribution in [-0.2, 0) is 5.41 Å². The third kappa shape index (κ3) is 2.55. The van der Waals surface area contributed by atoms with Crippen molar-refractivity contribution in [2.45, 2.75) is 19.3 Å². The molecule has 25 heavy (non-hydrogen) atoms. The molecule has 0 saturated carbocycles. The molecule has 1 aliphatic carbocycles. The van der Waals surface area contributed by atoms with Crippen molar-refractivity contribution in [2.24, 2.45) is 0 Å². The Labute approximate surface area is 151 Å². The highest BCUT2D eigenvalue weighted by atomic mass is 15.1. The molecule has 0 bridgehead atoms. The summed E-state index contributed by atoms with van der Waals surface area (Å²) < 4.78 is 0. The zero-order valence-electron chi connectivity index (χ0n) is 16.1. The van der Waals surface area contributed by atoms with Crippen LogP contribution in [0.25, 0.3) is 6.08 Å². The fourth-order valence-electron chi connectivity index (χ4n) is 3.67. The van der Waals surface area contributed by atoms with Gasteiger partial charge < -0.3 is 9.80 Å². The van der Waals surface area contributed by atoms with Gasteiger partial charge in [-0.3, -0.25) is 5.41 Å². The molecule has 130 valence electrons. The first-order chi connectivity index (χ1) is 11.7. The summed E-state index contributed by atoms with van der Waals surface area (Å²) >= 11 is 0. The van der Waals surface area contributed by atoms with Crippen LogP contribution in [0.15, 0.2) is 36.9 Å². The van der Waals surface area contributed by atoms with Crippen molar-refractivity contribution < 1.29 is 0 Å². The van der Waals surface area contributed by atoms with Crippen LogP contribution in [0.5, 0.6) is 0 Å². The number of rotatable bonds is 3. The lowest BCUT2D eigenvalue weighted by molar-refractivity contribution is 0.632. The monoisotopic (exact) mass is 333 g/mol. The topological polar surface area (TPSA) is 30.3 Å². The molecular weight excluding hydrogens is 306 g/mol. The standard InChI is InChI=1S/C22H27N3/c1-8-14-11-16(25(6)7)13-19-20(14)21(23)17-10-9-15(24(4)5)12-18(17)22(19,2)3/h8-13,23H,1H2,2-7H3. The Morgan fingerprint density at radius 1 is 0.920 bits per heavy atom. The average Bonchev–Trinajstić information content (AvgIpc) is 2.58. The second-order valence-corrected chi connectivity index (χ2v) is 7.68. The second-order valence-electron chi connectivity index (χ2n) is 7.68. The molecule has 3 heteroatoms. The molecule has 0 spiro atoms. The molecule has 0 atom stereocenters. The summed E-state index contributed by atoms with van der Waals surface area (Å²) in [5.74, 6) is 0. The van der Waals surface area contributed by atoms with Gasteiger partial charge in [-0.25, -0.2) is 0 Å². The fraction of sp³-hybridized carbons (Fsp3) is 0.318. The second kappa shape index (κ2) is 5.76. The van der Waals surface area contributed by atoms with Crippen molar-refractivity contribution in [1.82, 2.24) is 0 Å². The van der Waals surface area contributed by atoms with Gasteiger partial charge in [0.25, 0.3) is 0 Å². The minimum Gasteiger partial charge on any atom is -0.378 e. The first-order valence-electron chi connectivity index (χ1n) is 8.58. The minimum atomic E-state index is -0.176. The van der Waals surface area contributed by atoms with Crippen molar-refractivity contribution in [3.8, 4) is 0 Å². The van der Waals surface area contributed by atoms with E-state index in [0.29, 0.717) is 5.71 Å². The van der Waals surface area contributed by atoms with Gasteiger partial charge >= 0.3 is 0 Å². The largest absolute Gasteiger partial charge is 0.378 e. The van der Waals surface area contributed by atoms with E-state index in [-0.39, 0.29) is 5.41 Å². The van der Waals surface area contributed by atoms with Crippen LogP contribution in [0.1, 0.15) is 41.7 Å². The van der Waals surface area contributed by atoms with Gasteiger partial charge in [0.2, 0.25) is 0 Å². The van der Waals surface area contributed by atoms with Crippen LogP contribution in [0.3, 0.4) is 0 Å². The van der Waals surface area contributed by atoms with E-state index in [1.807, 2.05) is 20.2 Å². The summed E-state index contributed by atoms with van der Waals surface area (Å²) in [5, 5.41) is 8.85. The third-order valence-electron chi connectivity index (χ3n) is 5.28. The Kier molecular flexibility index (Phi) is 3.98. The van der Waals surface area contributed by atoms with Crippen molar-refractivity contribution in [1.29, 1.82) is 5.41 Å². The number of hydrogen-bond donors (Lipinski definition) is 1. The summed E-state index contributed by atoms with van der Waals surface area (Å²) in [6.45, 7) is 8.50. The number of nitrogens with zero attached hydrogens (tertiary/aromatic N) is 2. The van der Waals surface area contributed by atoms with Gasteiger partial charge in [-0.2, -0.15) is 0 Å². The number of benzene rings is 2. The minimum absolute atomic E-state index is 0.176. The maximum atomic E-state index is 8.85. The van der Waals surface area contributed by atoms with E-state index in [4.69, 9.17) is 5.41 Å². The predicted octanol–water partition coefficient (Wildman–Crippen LogP) is 4.52. The van der Waals surface area contributed by atoms with Crippen LogP contribution in [0.2, 0.25) is 0 Å². The van der Waals surface area contributed by atoms with E-state index in [0.717, 1.165) is 28.1 Å². The summed E-state index contributed by atoms with van der Waals surface area (Å²) in [4.78, 5) is 4.22. The smallest absolute Gasteiger partial charge is 0.0696 e. The zero-order valence-corrected chi connectivity index (χ0v) is 16.1. The Hall–Kier alpha value is -2.55. The van der Waals surface area contributed by atoms with E-state index in [1.165, 1.54) is 11.1 Å². The summed E-state index contributed by atoms with van der Waals surface area (Å²) in [6.07, 6.45) is 1.87. The Morgan fingerprint density at radius 3 is 2.08 bits per heavy atom. The van der Waals surface area contributed by atoms with Gasteiger partial charge in [-0.15, -0.1) is 0 Å². The summed E-state index contributed by atoms with van der Waals surface area (Å²) in [7, 11) is 8.20. The molecule has 0 fully saturated rings. The van der Waals surface area contributed by atoms with Crippen LogP contribution in [-0.4, -0.2) is 33.9 Å². The maximum Gasteiger partial charge on any atom is 0.0696 e. The van der Waals surface area contributed by atoms with E-state index >= 15 is 0 Å². The quantitative estimate of drug-likeness (QED) is 0.895. The van der Waals surface area contributed by atoms with E-state index in [9.17, 15) is 0 Å². The lowest BCUT2D eigenvalue weighted by atomic mass is 9.67. The fourth-order valence-corrected chi connectivity index (χ4v) is 3.67. The van der Waals surface area contributed by atoms with Gasteiger partial charge in [0.1, 0.15) is 0 Å². The van der Waals surface area contributed by atoms with Gasteiger partial charge in [0.05, 0.1) is 5.71 Å². The lowest BCUT2D eigenvalue weighted by Crippen LogP contribution is -2.32. The Balaban J connectivity index is 2.35. The highest BCUT2D eigenvalue weighted by molar-refractivity contribution is 6.17. The van der Waals surface area contributed by atoms with Crippen molar-refractivity contribution >= 4 is 23.2 Å². The highest BCUT2D eigenvalue weighted by Gasteiger charge is 2.37. The van der Waals surface area contributed by atoms with Crippen LogP contribution >= 0.6 is 0 Å². The molecule has 2 aromatic carbocycles. The maximum absolute atomic E-state index is 8.85. The SMILES string of the molecule is C=Cc1cc(N(C)C)cc2c1C(=N)c1ccc(N(C)C)cc1C2(C)C. The molecule has 3 rings (SSSR count). The van der Waals surface area contributed by atoms with Crippen LogP contribution in [0, 0.1) is 5.41 Å².